The molecule has 2 aromatic carbocycles. The van der Waals surface area contributed by atoms with Crippen LogP contribution in [-0.2, 0) is 0 Å². The average molecular weight is 425 g/mol. The van der Waals surface area contributed by atoms with Crippen LogP contribution in [-0.4, -0.2) is 16.8 Å². The molecule has 0 radical (unpaired) electrons. The van der Waals surface area contributed by atoms with Crippen LogP contribution in [0.1, 0.15) is 22.5 Å². The Hall–Kier alpha value is -2.86. The summed E-state index contributed by atoms with van der Waals surface area (Å²) >= 11 is 3.44. The van der Waals surface area contributed by atoms with Crippen molar-refractivity contribution in [3.05, 3.63) is 81.6 Å². The van der Waals surface area contributed by atoms with Crippen molar-refractivity contribution in [2.75, 3.05) is 5.32 Å². The molecule has 0 aliphatic carbocycles. The molecule has 0 unspecified atom stereocenters. The van der Waals surface area contributed by atoms with E-state index in [1.54, 1.807) is 6.21 Å². The molecular formula is C21H21BrN4O. The minimum absolute atomic E-state index is 0.384. The van der Waals surface area contributed by atoms with Gasteiger partial charge in [0.05, 0.1) is 6.21 Å². The van der Waals surface area contributed by atoms with Crippen molar-refractivity contribution in [2.24, 2.45) is 5.10 Å². The summed E-state index contributed by atoms with van der Waals surface area (Å²) in [5.74, 6) is 0. The average Bonchev–Trinajstić information content (AvgIpc) is 2.92. The first-order valence-corrected chi connectivity index (χ1v) is 9.35. The van der Waals surface area contributed by atoms with Crippen molar-refractivity contribution >= 4 is 33.9 Å². The summed E-state index contributed by atoms with van der Waals surface area (Å²) in [5.41, 5.74) is 8.49. The maximum atomic E-state index is 12.0. The number of hydrogen-bond donors (Lipinski definition) is 2. The van der Waals surface area contributed by atoms with Crippen LogP contribution in [0.2, 0.25) is 0 Å². The lowest BCUT2D eigenvalue weighted by Gasteiger charge is -2.09. The second-order valence-electron chi connectivity index (χ2n) is 6.29. The molecule has 3 rings (SSSR count). The molecule has 1 heterocycles. The molecular weight excluding hydrogens is 404 g/mol. The first kappa shape index (κ1) is 18.9. The molecule has 138 valence electrons. The summed E-state index contributed by atoms with van der Waals surface area (Å²) < 4.78 is 3.16. The Bertz CT molecular complexity index is 993. The molecule has 6 heteroatoms. The number of para-hydroxylation sites is 1. The monoisotopic (exact) mass is 424 g/mol. The standard InChI is InChI=1S/C21H21BrN4O/c1-14-11-18(9-10-20(14)22)24-21(27)25-23-13-17-12-15(2)26(16(17)3)19-7-5-4-6-8-19/h4-13H,1-3H3,(H2,24,25,27)/b23-13-. The van der Waals surface area contributed by atoms with E-state index in [2.05, 4.69) is 48.5 Å². The zero-order valence-corrected chi connectivity index (χ0v) is 17.0. The third kappa shape index (κ3) is 4.46. The van der Waals surface area contributed by atoms with Gasteiger partial charge in [-0.2, -0.15) is 5.10 Å². The van der Waals surface area contributed by atoms with Gasteiger partial charge in [0, 0.05) is 32.8 Å². The van der Waals surface area contributed by atoms with Crippen molar-refractivity contribution in [2.45, 2.75) is 20.8 Å². The number of hydrogen-bond acceptors (Lipinski definition) is 2. The Morgan fingerprint density at radius 2 is 1.81 bits per heavy atom. The van der Waals surface area contributed by atoms with Crippen molar-refractivity contribution in [3.8, 4) is 5.69 Å². The van der Waals surface area contributed by atoms with Crippen LogP contribution >= 0.6 is 15.9 Å². The highest BCUT2D eigenvalue weighted by atomic mass is 79.9. The molecule has 0 bridgehead atoms. The Morgan fingerprint density at radius 1 is 1.07 bits per heavy atom. The third-order valence-corrected chi connectivity index (χ3v) is 5.16. The summed E-state index contributed by atoms with van der Waals surface area (Å²) in [6, 6.07) is 17.4. The summed E-state index contributed by atoms with van der Waals surface area (Å²) in [6.07, 6.45) is 1.66. The van der Waals surface area contributed by atoms with E-state index in [4.69, 9.17) is 0 Å². The summed E-state index contributed by atoms with van der Waals surface area (Å²) in [6.45, 7) is 6.05. The number of urea groups is 1. The highest BCUT2D eigenvalue weighted by Gasteiger charge is 2.09. The van der Waals surface area contributed by atoms with Crippen molar-refractivity contribution in [1.29, 1.82) is 0 Å². The van der Waals surface area contributed by atoms with E-state index in [0.29, 0.717) is 5.69 Å². The number of carbonyl (C=O) groups excluding carboxylic acids is 1. The van der Waals surface area contributed by atoms with E-state index in [-0.39, 0.29) is 6.03 Å². The van der Waals surface area contributed by atoms with Gasteiger partial charge in [-0.05, 0) is 62.7 Å². The largest absolute Gasteiger partial charge is 0.339 e. The number of benzene rings is 2. The van der Waals surface area contributed by atoms with Crippen LogP contribution in [0.5, 0.6) is 0 Å². The SMILES string of the molecule is Cc1cc(NC(=O)N/N=C\c2cc(C)n(-c3ccccc3)c2C)ccc1Br. The molecule has 1 aromatic heterocycles. The number of anilines is 1. The normalized spacial score (nSPS) is 11.0. The van der Waals surface area contributed by atoms with Crippen LogP contribution in [0, 0.1) is 20.8 Å². The van der Waals surface area contributed by atoms with Crippen LogP contribution in [0.25, 0.3) is 5.69 Å². The fourth-order valence-electron chi connectivity index (χ4n) is 2.93. The fourth-order valence-corrected chi connectivity index (χ4v) is 3.18. The van der Waals surface area contributed by atoms with Crippen LogP contribution in [0.15, 0.2) is 64.2 Å². The lowest BCUT2D eigenvalue weighted by atomic mass is 10.2. The van der Waals surface area contributed by atoms with E-state index >= 15 is 0 Å². The predicted molar refractivity (Wildman–Crippen MR) is 114 cm³/mol. The van der Waals surface area contributed by atoms with Crippen LogP contribution < -0.4 is 10.7 Å². The van der Waals surface area contributed by atoms with E-state index in [0.717, 1.165) is 32.7 Å². The molecule has 5 nitrogen and oxygen atoms in total. The summed E-state index contributed by atoms with van der Waals surface area (Å²) in [5, 5.41) is 6.84. The Balaban J connectivity index is 1.68. The van der Waals surface area contributed by atoms with Crippen molar-refractivity contribution < 1.29 is 4.79 Å². The second-order valence-corrected chi connectivity index (χ2v) is 7.14. The second kappa shape index (κ2) is 8.22. The van der Waals surface area contributed by atoms with Crippen LogP contribution in [0.4, 0.5) is 10.5 Å². The number of hydrazone groups is 1. The number of amides is 2. The molecule has 2 N–H and O–H groups in total. The third-order valence-electron chi connectivity index (χ3n) is 4.27. The number of halogens is 1. The Morgan fingerprint density at radius 3 is 2.52 bits per heavy atom. The van der Waals surface area contributed by atoms with E-state index < -0.39 is 0 Å². The van der Waals surface area contributed by atoms with Gasteiger partial charge in [-0.25, -0.2) is 10.2 Å². The number of nitrogens with zero attached hydrogens (tertiary/aromatic N) is 2. The molecule has 0 spiro atoms. The van der Waals surface area contributed by atoms with Gasteiger partial charge < -0.3 is 9.88 Å². The zero-order chi connectivity index (χ0) is 19.4. The smallest absolute Gasteiger partial charge is 0.318 e. The minimum atomic E-state index is -0.384. The molecule has 3 aromatic rings. The number of aryl methyl sites for hydroxylation is 2. The maximum Gasteiger partial charge on any atom is 0.339 e. The van der Waals surface area contributed by atoms with Gasteiger partial charge >= 0.3 is 6.03 Å². The van der Waals surface area contributed by atoms with Gasteiger partial charge in [-0.1, -0.05) is 34.1 Å². The quantitative estimate of drug-likeness (QED) is 0.431. The highest BCUT2D eigenvalue weighted by Crippen LogP contribution is 2.20. The molecule has 0 aliphatic rings. The molecule has 2 amide bonds. The zero-order valence-electron chi connectivity index (χ0n) is 15.5. The predicted octanol–water partition coefficient (Wildman–Crippen LogP) is 5.32. The lowest BCUT2D eigenvalue weighted by molar-refractivity contribution is 0.252. The molecule has 27 heavy (non-hydrogen) atoms. The number of nitrogens with one attached hydrogen (secondary N) is 2. The van der Waals surface area contributed by atoms with Gasteiger partial charge in [0.25, 0.3) is 0 Å². The topological polar surface area (TPSA) is 58.4 Å². The van der Waals surface area contributed by atoms with Gasteiger partial charge in [0.2, 0.25) is 0 Å². The minimum Gasteiger partial charge on any atom is -0.318 e. The first-order valence-electron chi connectivity index (χ1n) is 8.56. The number of aromatic nitrogens is 1. The van der Waals surface area contributed by atoms with E-state index in [1.807, 2.05) is 63.2 Å². The Labute approximate surface area is 167 Å². The fraction of sp³-hybridized carbons (Fsp3) is 0.143. The molecule has 0 fully saturated rings. The van der Waals surface area contributed by atoms with E-state index in [1.165, 1.54) is 0 Å². The van der Waals surface area contributed by atoms with Gasteiger partial charge in [-0.3, -0.25) is 0 Å². The molecule has 0 atom stereocenters. The Kier molecular flexibility index (Phi) is 5.76. The van der Waals surface area contributed by atoms with Gasteiger partial charge in [-0.15, -0.1) is 0 Å². The lowest BCUT2D eigenvalue weighted by Crippen LogP contribution is -2.24. The maximum absolute atomic E-state index is 12.0. The molecule has 0 aliphatic heterocycles. The van der Waals surface area contributed by atoms with Gasteiger partial charge in [0.1, 0.15) is 0 Å². The first-order chi connectivity index (χ1) is 13.0. The van der Waals surface area contributed by atoms with E-state index in [9.17, 15) is 4.79 Å². The summed E-state index contributed by atoms with van der Waals surface area (Å²) in [4.78, 5) is 12.0. The number of carbonyl (C=O) groups is 1. The van der Waals surface area contributed by atoms with Crippen molar-refractivity contribution in [3.63, 3.8) is 0 Å². The van der Waals surface area contributed by atoms with Gasteiger partial charge in [0.15, 0.2) is 0 Å². The number of rotatable bonds is 4. The molecule has 0 saturated carbocycles. The highest BCUT2D eigenvalue weighted by molar-refractivity contribution is 9.10. The van der Waals surface area contributed by atoms with Crippen LogP contribution in [0.3, 0.4) is 0 Å². The van der Waals surface area contributed by atoms with Crippen molar-refractivity contribution in [1.82, 2.24) is 9.99 Å². The molecule has 0 saturated heterocycles. The summed E-state index contributed by atoms with van der Waals surface area (Å²) in [7, 11) is 0.